The van der Waals surface area contributed by atoms with Crippen molar-refractivity contribution in [3.05, 3.63) is 29.8 Å². The number of benzene rings is 1. The van der Waals surface area contributed by atoms with Crippen LogP contribution < -0.4 is 10.2 Å². The van der Waals surface area contributed by atoms with Crippen molar-refractivity contribution < 1.29 is 0 Å². The van der Waals surface area contributed by atoms with Crippen LogP contribution in [0.2, 0.25) is 0 Å². The fraction of sp³-hybridized carbons (Fsp3) is 0.538. The molecule has 1 aromatic carbocycles. The second kappa shape index (κ2) is 3.86. The predicted molar refractivity (Wildman–Crippen MR) is 63.2 cm³/mol. The predicted octanol–water partition coefficient (Wildman–Crippen LogP) is 2.32. The highest BCUT2D eigenvalue weighted by Gasteiger charge is 2.18. The van der Waals surface area contributed by atoms with Gasteiger partial charge < -0.3 is 10.2 Å². The lowest BCUT2D eigenvalue weighted by Gasteiger charge is -2.28. The first kappa shape index (κ1) is 9.22. The van der Waals surface area contributed by atoms with Crippen LogP contribution in [-0.4, -0.2) is 19.6 Å². The Balaban J connectivity index is 1.74. The molecule has 0 aliphatic carbocycles. The Kier molecular flexibility index (Phi) is 2.37. The van der Waals surface area contributed by atoms with Crippen molar-refractivity contribution in [2.45, 2.75) is 25.3 Å². The molecule has 0 saturated carbocycles. The fourth-order valence-corrected chi connectivity index (χ4v) is 2.47. The first-order valence-electron chi connectivity index (χ1n) is 6.02. The van der Waals surface area contributed by atoms with Crippen molar-refractivity contribution in [1.29, 1.82) is 0 Å². The molecule has 0 radical (unpaired) electrons. The highest BCUT2D eigenvalue weighted by Crippen LogP contribution is 2.26. The number of hydrogen-bond donors (Lipinski definition) is 1. The van der Waals surface area contributed by atoms with E-state index in [0.29, 0.717) is 6.04 Å². The molecule has 2 nitrogen and oxygen atoms in total. The van der Waals surface area contributed by atoms with Gasteiger partial charge in [-0.05, 0) is 43.5 Å². The van der Waals surface area contributed by atoms with Crippen LogP contribution in [0.5, 0.6) is 0 Å². The van der Waals surface area contributed by atoms with Crippen molar-refractivity contribution >= 4 is 5.69 Å². The van der Waals surface area contributed by atoms with E-state index in [0.717, 1.165) is 0 Å². The van der Waals surface area contributed by atoms with Crippen molar-refractivity contribution in [3.63, 3.8) is 0 Å². The van der Waals surface area contributed by atoms with E-state index < -0.39 is 0 Å². The molecule has 2 heterocycles. The van der Waals surface area contributed by atoms with Gasteiger partial charge in [0.15, 0.2) is 0 Å². The molecule has 0 bridgehead atoms. The van der Waals surface area contributed by atoms with Gasteiger partial charge in [-0.25, -0.2) is 0 Å². The van der Waals surface area contributed by atoms with Gasteiger partial charge in [0.05, 0.1) is 0 Å². The van der Waals surface area contributed by atoms with Crippen molar-refractivity contribution in [1.82, 2.24) is 5.32 Å². The van der Waals surface area contributed by atoms with Gasteiger partial charge in [0.1, 0.15) is 0 Å². The number of nitrogens with one attached hydrogen (secondary N) is 1. The minimum absolute atomic E-state index is 0.623. The Labute approximate surface area is 91.3 Å². The highest BCUT2D eigenvalue weighted by atomic mass is 15.1. The third-order valence-corrected chi connectivity index (χ3v) is 3.59. The molecule has 2 aliphatic rings. The minimum Gasteiger partial charge on any atom is -0.372 e. The Hall–Kier alpha value is -1.02. The topological polar surface area (TPSA) is 15.3 Å². The SMILES string of the molecule is c1cc(N2CCCC2)ccc1C1CCN1. The molecular weight excluding hydrogens is 184 g/mol. The first-order valence-corrected chi connectivity index (χ1v) is 6.02. The lowest BCUT2D eigenvalue weighted by molar-refractivity contribution is 0.383. The molecule has 2 fully saturated rings. The first-order chi connectivity index (χ1) is 7.43. The van der Waals surface area contributed by atoms with Crippen LogP contribution >= 0.6 is 0 Å². The monoisotopic (exact) mass is 202 g/mol. The van der Waals surface area contributed by atoms with Crippen molar-refractivity contribution in [3.8, 4) is 0 Å². The summed E-state index contributed by atoms with van der Waals surface area (Å²) in [5.41, 5.74) is 2.85. The highest BCUT2D eigenvalue weighted by molar-refractivity contribution is 5.48. The number of rotatable bonds is 2. The zero-order chi connectivity index (χ0) is 10.1. The maximum absolute atomic E-state index is 3.44. The summed E-state index contributed by atoms with van der Waals surface area (Å²) in [5.74, 6) is 0. The molecule has 1 N–H and O–H groups in total. The van der Waals surface area contributed by atoms with E-state index in [1.807, 2.05) is 0 Å². The van der Waals surface area contributed by atoms with Crippen LogP contribution in [0.25, 0.3) is 0 Å². The summed E-state index contributed by atoms with van der Waals surface area (Å²) in [4.78, 5) is 2.48. The molecule has 1 atom stereocenters. The molecule has 0 amide bonds. The van der Waals surface area contributed by atoms with E-state index in [-0.39, 0.29) is 0 Å². The smallest absolute Gasteiger partial charge is 0.0366 e. The molecule has 2 saturated heterocycles. The Bertz CT molecular complexity index is 321. The van der Waals surface area contributed by atoms with Crippen LogP contribution in [0.15, 0.2) is 24.3 Å². The van der Waals surface area contributed by atoms with Gasteiger partial charge in [-0.2, -0.15) is 0 Å². The average Bonchev–Trinajstić information content (AvgIpc) is 2.69. The van der Waals surface area contributed by atoms with Gasteiger partial charge in [0.25, 0.3) is 0 Å². The van der Waals surface area contributed by atoms with E-state index in [1.165, 1.54) is 50.1 Å². The Morgan fingerprint density at radius 3 is 2.27 bits per heavy atom. The molecule has 2 aliphatic heterocycles. The summed E-state index contributed by atoms with van der Waals surface area (Å²) in [6.45, 7) is 3.65. The molecule has 3 rings (SSSR count). The van der Waals surface area contributed by atoms with Crippen LogP contribution in [0.4, 0.5) is 5.69 Å². The van der Waals surface area contributed by atoms with E-state index in [2.05, 4.69) is 34.5 Å². The minimum atomic E-state index is 0.623. The van der Waals surface area contributed by atoms with Gasteiger partial charge >= 0.3 is 0 Å². The Morgan fingerprint density at radius 2 is 1.73 bits per heavy atom. The van der Waals surface area contributed by atoms with Gasteiger partial charge in [0, 0.05) is 24.8 Å². The maximum Gasteiger partial charge on any atom is 0.0366 e. The lowest BCUT2D eigenvalue weighted by atomic mass is 9.98. The van der Waals surface area contributed by atoms with Crippen LogP contribution in [0, 0.1) is 0 Å². The Morgan fingerprint density at radius 1 is 1.07 bits per heavy atom. The van der Waals surface area contributed by atoms with Crippen LogP contribution in [0.3, 0.4) is 0 Å². The number of nitrogens with zero attached hydrogens (tertiary/aromatic N) is 1. The standard InChI is InChI=1S/C13H18N2/c1-2-10-15(9-1)12-5-3-11(4-6-12)13-7-8-14-13/h3-6,13-14H,1-2,7-10H2. The summed E-state index contributed by atoms with van der Waals surface area (Å²) >= 11 is 0. The van der Waals surface area contributed by atoms with E-state index in [4.69, 9.17) is 0 Å². The van der Waals surface area contributed by atoms with Crippen LogP contribution in [0.1, 0.15) is 30.9 Å². The molecule has 0 aromatic heterocycles. The summed E-state index contributed by atoms with van der Waals surface area (Å²) in [7, 11) is 0. The molecule has 15 heavy (non-hydrogen) atoms. The summed E-state index contributed by atoms with van der Waals surface area (Å²) in [6.07, 6.45) is 4.00. The maximum atomic E-state index is 3.44. The normalized spacial score (nSPS) is 25.3. The van der Waals surface area contributed by atoms with Crippen molar-refractivity contribution in [2.24, 2.45) is 0 Å². The molecule has 2 heteroatoms. The summed E-state index contributed by atoms with van der Waals surface area (Å²) in [6, 6.07) is 9.74. The third-order valence-electron chi connectivity index (χ3n) is 3.59. The second-order valence-electron chi connectivity index (χ2n) is 4.58. The zero-order valence-electron chi connectivity index (χ0n) is 9.08. The number of hydrogen-bond acceptors (Lipinski definition) is 2. The molecular formula is C13H18N2. The largest absolute Gasteiger partial charge is 0.372 e. The van der Waals surface area contributed by atoms with E-state index >= 15 is 0 Å². The summed E-state index contributed by atoms with van der Waals surface area (Å²) in [5, 5.41) is 3.44. The van der Waals surface area contributed by atoms with Gasteiger partial charge in [-0.15, -0.1) is 0 Å². The van der Waals surface area contributed by atoms with E-state index in [1.54, 1.807) is 0 Å². The molecule has 0 spiro atoms. The lowest BCUT2D eigenvalue weighted by Crippen LogP contribution is -2.34. The third kappa shape index (κ3) is 1.74. The number of anilines is 1. The van der Waals surface area contributed by atoms with Crippen molar-refractivity contribution in [2.75, 3.05) is 24.5 Å². The molecule has 80 valence electrons. The van der Waals surface area contributed by atoms with Gasteiger partial charge in [-0.3, -0.25) is 0 Å². The van der Waals surface area contributed by atoms with E-state index in [9.17, 15) is 0 Å². The average molecular weight is 202 g/mol. The summed E-state index contributed by atoms with van der Waals surface area (Å²) < 4.78 is 0. The fourth-order valence-electron chi connectivity index (χ4n) is 2.47. The van der Waals surface area contributed by atoms with Gasteiger partial charge in [-0.1, -0.05) is 12.1 Å². The van der Waals surface area contributed by atoms with Crippen LogP contribution in [-0.2, 0) is 0 Å². The molecule has 1 unspecified atom stereocenters. The molecule has 1 aromatic rings. The second-order valence-corrected chi connectivity index (χ2v) is 4.58. The quantitative estimate of drug-likeness (QED) is 0.791. The zero-order valence-corrected chi connectivity index (χ0v) is 9.08. The van der Waals surface area contributed by atoms with Gasteiger partial charge in [0.2, 0.25) is 0 Å².